The maximum Gasteiger partial charge on any atom is 0.317 e. The average molecular weight is 552 g/mol. The number of carbonyl (C=O) groups is 3. The molecule has 0 spiro atoms. The van der Waals surface area contributed by atoms with Gasteiger partial charge in [-0.3, -0.25) is 14.5 Å². The van der Waals surface area contributed by atoms with Gasteiger partial charge in [-0.2, -0.15) is 0 Å². The Morgan fingerprint density at radius 1 is 0.875 bits per heavy atom. The number of hydrogen-bond acceptors (Lipinski definition) is 6. The van der Waals surface area contributed by atoms with E-state index in [1.165, 1.54) is 0 Å². The maximum atomic E-state index is 12.9. The number of ether oxygens (including phenoxy) is 1. The Labute approximate surface area is 236 Å². The van der Waals surface area contributed by atoms with E-state index in [1.54, 1.807) is 0 Å². The maximum absolute atomic E-state index is 12.9. The minimum absolute atomic E-state index is 0.0115. The van der Waals surface area contributed by atoms with Crippen LogP contribution in [-0.2, 0) is 11.8 Å². The van der Waals surface area contributed by atoms with Gasteiger partial charge in [0.05, 0.1) is 13.2 Å². The number of rotatable bonds is 7. The molecule has 3 aliphatic heterocycles. The Morgan fingerprint density at radius 3 is 2.20 bits per heavy atom. The van der Waals surface area contributed by atoms with Crippen molar-refractivity contribution in [3.8, 4) is 0 Å². The van der Waals surface area contributed by atoms with E-state index in [4.69, 9.17) is 4.74 Å². The number of anilines is 1. The van der Waals surface area contributed by atoms with Crippen LogP contribution in [0.3, 0.4) is 0 Å². The molecule has 0 unspecified atom stereocenters. The Balaban J connectivity index is 1.01. The number of urea groups is 1. The topological polar surface area (TPSA) is 102 Å². The number of nitrogens with one attached hydrogen (secondary N) is 2. The van der Waals surface area contributed by atoms with Crippen LogP contribution in [0.15, 0.2) is 42.6 Å². The van der Waals surface area contributed by atoms with E-state index in [0.717, 1.165) is 64.5 Å². The van der Waals surface area contributed by atoms with Crippen molar-refractivity contribution in [1.29, 1.82) is 0 Å². The molecule has 0 bridgehead atoms. The van der Waals surface area contributed by atoms with Gasteiger partial charge in [0.2, 0.25) is 0 Å². The highest BCUT2D eigenvalue weighted by molar-refractivity contribution is 5.94. The number of piperidine rings is 1. The van der Waals surface area contributed by atoms with E-state index in [2.05, 4.69) is 20.4 Å². The predicted octanol–water partition coefficient (Wildman–Crippen LogP) is 1.22. The first-order valence-electron chi connectivity index (χ1n) is 14.4. The molecule has 11 nitrogen and oxygen atoms in total. The van der Waals surface area contributed by atoms with Gasteiger partial charge in [0.1, 0.15) is 5.69 Å². The molecule has 4 amide bonds. The van der Waals surface area contributed by atoms with E-state index < -0.39 is 0 Å². The average Bonchev–Trinajstić information content (AvgIpc) is 3.43. The van der Waals surface area contributed by atoms with Crippen molar-refractivity contribution in [1.82, 2.24) is 29.9 Å². The number of carbonyl (C=O) groups excluding carboxylic acids is 3. The summed E-state index contributed by atoms with van der Waals surface area (Å²) in [7, 11) is 1.87. The molecule has 3 fully saturated rings. The lowest BCUT2D eigenvalue weighted by Crippen LogP contribution is -2.55. The van der Waals surface area contributed by atoms with Crippen LogP contribution in [0, 0.1) is 0 Å². The first-order valence-corrected chi connectivity index (χ1v) is 14.4. The number of aromatic nitrogens is 1. The van der Waals surface area contributed by atoms with Gasteiger partial charge in [0.15, 0.2) is 0 Å². The Bertz CT molecular complexity index is 1150. The second-order valence-corrected chi connectivity index (χ2v) is 10.8. The third-order valence-electron chi connectivity index (χ3n) is 8.15. The molecule has 2 aromatic rings. The number of piperazine rings is 1. The molecule has 0 radical (unpaired) electrons. The molecule has 5 rings (SSSR count). The molecule has 3 saturated heterocycles. The number of morpholine rings is 1. The fourth-order valence-corrected chi connectivity index (χ4v) is 5.58. The summed E-state index contributed by atoms with van der Waals surface area (Å²) in [5.74, 6) is -0.0382. The molecule has 3 aliphatic rings. The lowest BCUT2D eigenvalue weighted by molar-refractivity contribution is 0.0383. The van der Waals surface area contributed by atoms with Crippen molar-refractivity contribution < 1.29 is 19.1 Å². The van der Waals surface area contributed by atoms with Gasteiger partial charge in [0, 0.05) is 96.0 Å². The lowest BCUT2D eigenvalue weighted by atomic mass is 10.0. The molecular formula is C29H41N7O4. The first-order chi connectivity index (χ1) is 19.5. The zero-order valence-corrected chi connectivity index (χ0v) is 23.4. The number of aryl methyl sites for hydroxylation is 1. The minimum Gasteiger partial charge on any atom is -0.379 e. The summed E-state index contributed by atoms with van der Waals surface area (Å²) in [6.45, 7) is 8.65. The van der Waals surface area contributed by atoms with Crippen LogP contribution in [-0.4, -0.2) is 122 Å². The molecule has 0 atom stereocenters. The SMILES string of the molecule is Cn1cccc1C(=O)N1CCN(C(=O)NC2CCN(c3ccc(C(=O)NCCN4CCOCC4)cc3)CC2)CC1. The summed E-state index contributed by atoms with van der Waals surface area (Å²) in [4.78, 5) is 46.4. The molecule has 40 heavy (non-hydrogen) atoms. The highest BCUT2D eigenvalue weighted by Gasteiger charge is 2.28. The summed E-state index contributed by atoms with van der Waals surface area (Å²) < 4.78 is 7.19. The molecule has 0 saturated carbocycles. The van der Waals surface area contributed by atoms with Gasteiger partial charge in [-0.25, -0.2) is 4.79 Å². The van der Waals surface area contributed by atoms with Gasteiger partial charge in [-0.05, 0) is 49.2 Å². The van der Waals surface area contributed by atoms with Crippen molar-refractivity contribution in [2.75, 3.05) is 83.6 Å². The fraction of sp³-hybridized carbons (Fsp3) is 0.552. The fourth-order valence-electron chi connectivity index (χ4n) is 5.58. The van der Waals surface area contributed by atoms with E-state index in [0.29, 0.717) is 44.0 Å². The van der Waals surface area contributed by atoms with E-state index >= 15 is 0 Å². The van der Waals surface area contributed by atoms with Gasteiger partial charge in [0.25, 0.3) is 11.8 Å². The second kappa shape index (κ2) is 13.2. The van der Waals surface area contributed by atoms with Crippen LogP contribution in [0.25, 0.3) is 0 Å². The number of benzene rings is 1. The van der Waals surface area contributed by atoms with Gasteiger partial charge < -0.3 is 34.6 Å². The molecule has 2 N–H and O–H groups in total. The molecule has 1 aromatic heterocycles. The van der Waals surface area contributed by atoms with Crippen LogP contribution in [0.1, 0.15) is 33.7 Å². The van der Waals surface area contributed by atoms with Crippen LogP contribution in [0.5, 0.6) is 0 Å². The minimum atomic E-state index is -0.0496. The molecule has 11 heteroatoms. The summed E-state index contributed by atoms with van der Waals surface area (Å²) >= 11 is 0. The molecule has 0 aliphatic carbocycles. The lowest BCUT2D eigenvalue weighted by Gasteiger charge is -2.37. The van der Waals surface area contributed by atoms with Gasteiger partial charge in [-0.1, -0.05) is 0 Å². The quantitative estimate of drug-likeness (QED) is 0.537. The van der Waals surface area contributed by atoms with E-state index in [1.807, 2.05) is 64.0 Å². The summed E-state index contributed by atoms with van der Waals surface area (Å²) in [6, 6.07) is 11.6. The Hall–Kier alpha value is -3.57. The van der Waals surface area contributed by atoms with Crippen molar-refractivity contribution >= 4 is 23.5 Å². The zero-order chi connectivity index (χ0) is 27.9. The highest BCUT2D eigenvalue weighted by Crippen LogP contribution is 2.21. The summed E-state index contributed by atoms with van der Waals surface area (Å²) in [5.41, 5.74) is 2.43. The Morgan fingerprint density at radius 2 is 1.55 bits per heavy atom. The van der Waals surface area contributed by atoms with E-state index in [-0.39, 0.29) is 23.9 Å². The van der Waals surface area contributed by atoms with Crippen molar-refractivity contribution in [2.24, 2.45) is 7.05 Å². The summed E-state index contributed by atoms with van der Waals surface area (Å²) in [5, 5.41) is 6.21. The highest BCUT2D eigenvalue weighted by atomic mass is 16.5. The summed E-state index contributed by atoms with van der Waals surface area (Å²) in [6.07, 6.45) is 3.59. The van der Waals surface area contributed by atoms with Crippen LogP contribution >= 0.6 is 0 Å². The predicted molar refractivity (Wildman–Crippen MR) is 153 cm³/mol. The molecule has 1 aromatic carbocycles. The number of amides is 4. The zero-order valence-electron chi connectivity index (χ0n) is 23.4. The normalized spacial score (nSPS) is 19.0. The molecule has 216 valence electrons. The first kappa shape index (κ1) is 28.0. The van der Waals surface area contributed by atoms with Crippen molar-refractivity contribution in [3.05, 3.63) is 53.9 Å². The van der Waals surface area contributed by atoms with Crippen LogP contribution in [0.4, 0.5) is 10.5 Å². The standard InChI is InChI=1S/C29H41N7O4/c1-32-11-2-3-26(32)28(38)35-15-17-36(18-16-35)29(39)31-24-8-12-34(13-9-24)25-6-4-23(5-7-25)27(37)30-10-14-33-19-21-40-22-20-33/h2-7,11,24H,8-10,12-22H2,1H3,(H,30,37)(H,31,39). The van der Waals surface area contributed by atoms with Crippen LogP contribution < -0.4 is 15.5 Å². The number of hydrogen-bond donors (Lipinski definition) is 2. The largest absolute Gasteiger partial charge is 0.379 e. The molecular weight excluding hydrogens is 510 g/mol. The Kier molecular flexibility index (Phi) is 9.22. The third kappa shape index (κ3) is 6.95. The van der Waals surface area contributed by atoms with Crippen molar-refractivity contribution in [2.45, 2.75) is 18.9 Å². The third-order valence-corrected chi connectivity index (χ3v) is 8.15. The van der Waals surface area contributed by atoms with E-state index in [9.17, 15) is 14.4 Å². The number of nitrogens with zero attached hydrogens (tertiary/aromatic N) is 5. The second-order valence-electron chi connectivity index (χ2n) is 10.8. The van der Waals surface area contributed by atoms with Gasteiger partial charge in [-0.15, -0.1) is 0 Å². The monoisotopic (exact) mass is 551 g/mol. The van der Waals surface area contributed by atoms with Crippen molar-refractivity contribution in [3.63, 3.8) is 0 Å². The van der Waals surface area contributed by atoms with Crippen LogP contribution in [0.2, 0.25) is 0 Å². The van der Waals surface area contributed by atoms with Gasteiger partial charge >= 0.3 is 6.03 Å². The molecule has 4 heterocycles. The smallest absolute Gasteiger partial charge is 0.317 e.